The number of carboxylic acid groups (broad SMARTS) is 1. The summed E-state index contributed by atoms with van der Waals surface area (Å²) in [5.74, 6) is -2.95. The molecule has 1 saturated heterocycles. The van der Waals surface area contributed by atoms with Crippen molar-refractivity contribution in [2.45, 2.75) is 25.8 Å². The van der Waals surface area contributed by atoms with Crippen LogP contribution in [0.3, 0.4) is 0 Å². The average Bonchev–Trinajstić information content (AvgIpc) is 2.93. The number of carbonyl (C=O) groups excluding carboxylic acids is 4. The fourth-order valence-electron chi connectivity index (χ4n) is 3.54. The van der Waals surface area contributed by atoms with Crippen molar-refractivity contribution in [3.63, 3.8) is 0 Å². The van der Waals surface area contributed by atoms with E-state index in [1.807, 2.05) is 0 Å². The van der Waals surface area contributed by atoms with Crippen LogP contribution in [0.15, 0.2) is 24.3 Å². The summed E-state index contributed by atoms with van der Waals surface area (Å²) in [6.07, 6.45) is -0.267. The molecule has 2 heterocycles. The Hall–Kier alpha value is -3.23. The summed E-state index contributed by atoms with van der Waals surface area (Å²) in [6.45, 7) is 3.09. The molecule has 4 amide bonds. The van der Waals surface area contributed by atoms with Crippen LogP contribution in [-0.4, -0.2) is 81.6 Å². The third-order valence-electron chi connectivity index (χ3n) is 5.13. The summed E-state index contributed by atoms with van der Waals surface area (Å²) in [6, 6.07) is 4.76. The Balaban J connectivity index is 1.64. The van der Waals surface area contributed by atoms with Crippen molar-refractivity contribution in [3.05, 3.63) is 35.4 Å². The number of nitrogens with zero attached hydrogens (tertiary/aromatic N) is 3. The standard InChI is InChI=1S/C19H21N3O6/c1-12(23)20-8-10-21(11-9-20)16(24)7-6-15(19(27)28)22-17(25)13-4-2-3-5-14(13)18(22)26/h2-5,15H,6-11H2,1H3,(H,27,28)/t15-/m0/s1. The Kier molecular flexibility index (Phi) is 5.43. The smallest absolute Gasteiger partial charge is 0.326 e. The second-order valence-electron chi connectivity index (χ2n) is 6.81. The average molecular weight is 387 g/mol. The second kappa shape index (κ2) is 7.79. The molecule has 1 fully saturated rings. The minimum absolute atomic E-state index is 0.0522. The van der Waals surface area contributed by atoms with E-state index in [1.165, 1.54) is 19.1 Å². The van der Waals surface area contributed by atoms with Crippen molar-refractivity contribution in [3.8, 4) is 0 Å². The van der Waals surface area contributed by atoms with Gasteiger partial charge in [0, 0.05) is 39.5 Å². The van der Waals surface area contributed by atoms with E-state index in [0.717, 1.165) is 4.90 Å². The van der Waals surface area contributed by atoms with Crippen molar-refractivity contribution in [1.82, 2.24) is 14.7 Å². The van der Waals surface area contributed by atoms with Crippen molar-refractivity contribution in [2.75, 3.05) is 26.2 Å². The highest BCUT2D eigenvalue weighted by Crippen LogP contribution is 2.26. The van der Waals surface area contributed by atoms with E-state index in [0.29, 0.717) is 26.2 Å². The molecule has 9 heteroatoms. The summed E-state index contributed by atoms with van der Waals surface area (Å²) in [7, 11) is 0. The molecular formula is C19H21N3O6. The van der Waals surface area contributed by atoms with Gasteiger partial charge in [-0.05, 0) is 18.6 Å². The van der Waals surface area contributed by atoms with Crippen LogP contribution in [0.2, 0.25) is 0 Å². The lowest BCUT2D eigenvalue weighted by Gasteiger charge is -2.34. The van der Waals surface area contributed by atoms with Gasteiger partial charge in [0.1, 0.15) is 6.04 Å². The molecule has 0 aromatic heterocycles. The molecule has 1 N–H and O–H groups in total. The van der Waals surface area contributed by atoms with Gasteiger partial charge >= 0.3 is 5.97 Å². The van der Waals surface area contributed by atoms with Crippen LogP contribution in [0.4, 0.5) is 0 Å². The lowest BCUT2D eigenvalue weighted by Crippen LogP contribution is -2.50. The van der Waals surface area contributed by atoms with Gasteiger partial charge in [-0.1, -0.05) is 12.1 Å². The first-order chi connectivity index (χ1) is 13.3. The number of rotatable bonds is 5. The molecule has 0 spiro atoms. The van der Waals surface area contributed by atoms with Crippen molar-refractivity contribution in [2.24, 2.45) is 0 Å². The molecule has 28 heavy (non-hydrogen) atoms. The van der Waals surface area contributed by atoms with Crippen molar-refractivity contribution < 1.29 is 29.1 Å². The number of carbonyl (C=O) groups is 5. The summed E-state index contributed by atoms with van der Waals surface area (Å²) in [4.78, 5) is 64.5. The van der Waals surface area contributed by atoms with E-state index in [2.05, 4.69) is 0 Å². The molecule has 2 aliphatic heterocycles. The second-order valence-corrected chi connectivity index (χ2v) is 6.81. The fourth-order valence-corrected chi connectivity index (χ4v) is 3.54. The molecule has 1 atom stereocenters. The van der Waals surface area contributed by atoms with Gasteiger partial charge in [0.25, 0.3) is 11.8 Å². The molecule has 0 bridgehead atoms. The fraction of sp³-hybridized carbons (Fsp3) is 0.421. The maximum Gasteiger partial charge on any atom is 0.326 e. The molecule has 0 radical (unpaired) electrons. The van der Waals surface area contributed by atoms with Gasteiger partial charge in [-0.2, -0.15) is 0 Å². The zero-order valence-corrected chi connectivity index (χ0v) is 15.5. The summed E-state index contributed by atoms with van der Waals surface area (Å²) < 4.78 is 0. The molecule has 1 aromatic carbocycles. The van der Waals surface area contributed by atoms with Gasteiger partial charge in [-0.15, -0.1) is 0 Å². The van der Waals surface area contributed by atoms with Crippen LogP contribution in [0, 0.1) is 0 Å². The SMILES string of the molecule is CC(=O)N1CCN(C(=O)CC[C@@H](C(=O)O)N2C(=O)c3ccccc3C2=O)CC1. The van der Waals surface area contributed by atoms with Gasteiger partial charge in [0.15, 0.2) is 0 Å². The molecule has 3 rings (SSSR count). The highest BCUT2D eigenvalue weighted by atomic mass is 16.4. The summed E-state index contributed by atoms with van der Waals surface area (Å²) in [5.41, 5.74) is 0.343. The number of carboxylic acids is 1. The number of hydrogen-bond donors (Lipinski definition) is 1. The zero-order valence-electron chi connectivity index (χ0n) is 15.5. The van der Waals surface area contributed by atoms with Gasteiger partial charge in [0.2, 0.25) is 11.8 Å². The van der Waals surface area contributed by atoms with Crippen LogP contribution in [0.25, 0.3) is 0 Å². The lowest BCUT2D eigenvalue weighted by molar-refractivity contribution is -0.143. The number of aliphatic carboxylic acids is 1. The Morgan fingerprint density at radius 3 is 1.93 bits per heavy atom. The Morgan fingerprint density at radius 2 is 1.46 bits per heavy atom. The number of piperazine rings is 1. The van der Waals surface area contributed by atoms with E-state index < -0.39 is 23.8 Å². The third kappa shape index (κ3) is 3.60. The highest BCUT2D eigenvalue weighted by molar-refractivity contribution is 6.22. The van der Waals surface area contributed by atoms with E-state index in [1.54, 1.807) is 21.9 Å². The van der Waals surface area contributed by atoms with E-state index in [4.69, 9.17) is 0 Å². The molecular weight excluding hydrogens is 366 g/mol. The van der Waals surface area contributed by atoms with Gasteiger partial charge in [-0.25, -0.2) is 4.79 Å². The first-order valence-electron chi connectivity index (χ1n) is 9.04. The molecule has 1 aromatic rings. The topological polar surface area (TPSA) is 115 Å². The molecule has 2 aliphatic rings. The van der Waals surface area contributed by atoms with Gasteiger partial charge in [0.05, 0.1) is 11.1 Å². The minimum Gasteiger partial charge on any atom is -0.480 e. The number of amides is 4. The van der Waals surface area contributed by atoms with Gasteiger partial charge < -0.3 is 14.9 Å². The van der Waals surface area contributed by atoms with Crippen molar-refractivity contribution >= 4 is 29.6 Å². The molecule has 0 aliphatic carbocycles. The van der Waals surface area contributed by atoms with Gasteiger partial charge in [-0.3, -0.25) is 24.1 Å². The molecule has 9 nitrogen and oxygen atoms in total. The zero-order chi connectivity index (χ0) is 20.4. The predicted octanol–water partition coefficient (Wildman–Crippen LogP) is 0.207. The Bertz CT molecular complexity index is 809. The molecule has 0 saturated carbocycles. The monoisotopic (exact) mass is 387 g/mol. The predicted molar refractivity (Wildman–Crippen MR) is 96.4 cm³/mol. The highest BCUT2D eigenvalue weighted by Gasteiger charge is 2.42. The number of imide groups is 1. The maximum atomic E-state index is 12.5. The number of fused-ring (bicyclic) bond motifs is 1. The lowest BCUT2D eigenvalue weighted by atomic mass is 10.1. The normalized spacial score (nSPS) is 17.5. The number of benzene rings is 1. The Labute approximate surface area is 161 Å². The number of hydrogen-bond acceptors (Lipinski definition) is 5. The summed E-state index contributed by atoms with van der Waals surface area (Å²) in [5, 5.41) is 9.55. The minimum atomic E-state index is -1.41. The van der Waals surface area contributed by atoms with E-state index in [-0.39, 0.29) is 35.8 Å². The van der Waals surface area contributed by atoms with Crippen LogP contribution in [0.1, 0.15) is 40.5 Å². The molecule has 0 unspecified atom stereocenters. The van der Waals surface area contributed by atoms with Crippen LogP contribution in [0.5, 0.6) is 0 Å². The summed E-state index contributed by atoms with van der Waals surface area (Å²) >= 11 is 0. The first kappa shape index (κ1) is 19.5. The Morgan fingerprint density at radius 1 is 0.964 bits per heavy atom. The van der Waals surface area contributed by atoms with Crippen LogP contribution in [-0.2, 0) is 14.4 Å². The van der Waals surface area contributed by atoms with E-state index >= 15 is 0 Å². The third-order valence-corrected chi connectivity index (χ3v) is 5.13. The first-order valence-corrected chi connectivity index (χ1v) is 9.04. The van der Waals surface area contributed by atoms with E-state index in [9.17, 15) is 29.1 Å². The largest absolute Gasteiger partial charge is 0.480 e. The quantitative estimate of drug-likeness (QED) is 0.722. The van der Waals surface area contributed by atoms with Crippen LogP contribution >= 0.6 is 0 Å². The van der Waals surface area contributed by atoms with Crippen LogP contribution < -0.4 is 0 Å². The maximum absolute atomic E-state index is 12.5. The van der Waals surface area contributed by atoms with Crippen molar-refractivity contribution in [1.29, 1.82) is 0 Å². The molecule has 148 valence electrons.